The Morgan fingerprint density at radius 2 is 2.10 bits per heavy atom. The molecule has 2 aromatic carbocycles. The lowest BCUT2D eigenvalue weighted by Gasteiger charge is -2.10. The molecule has 0 bridgehead atoms. The minimum absolute atomic E-state index is 0.0221. The van der Waals surface area contributed by atoms with Gasteiger partial charge in [-0.25, -0.2) is 9.18 Å². The number of halogens is 2. The number of alkyl halides is 1. The molecule has 102 valence electrons. The van der Waals surface area contributed by atoms with Crippen LogP contribution in [0.25, 0.3) is 11.1 Å². The van der Waals surface area contributed by atoms with E-state index in [0.29, 0.717) is 17.5 Å². The minimum Gasteiger partial charge on any atom is -0.408 e. The van der Waals surface area contributed by atoms with Crippen LogP contribution in [0.5, 0.6) is 0 Å². The second-order valence-corrected chi connectivity index (χ2v) is 5.68. The SMILES string of the molecule is O=c1[nH]c2ccc(C(Br)Cc3cccc(F)c3)cc2o1. The van der Waals surface area contributed by atoms with Gasteiger partial charge in [-0.05, 0) is 41.8 Å². The summed E-state index contributed by atoms with van der Waals surface area (Å²) >= 11 is 3.59. The molecule has 0 saturated carbocycles. The summed E-state index contributed by atoms with van der Waals surface area (Å²) in [5.41, 5.74) is 3.08. The molecule has 3 rings (SSSR count). The number of fused-ring (bicyclic) bond motifs is 1. The average Bonchev–Trinajstić information content (AvgIpc) is 2.77. The first kappa shape index (κ1) is 13.1. The quantitative estimate of drug-likeness (QED) is 0.737. The van der Waals surface area contributed by atoms with Crippen LogP contribution in [-0.2, 0) is 6.42 Å². The monoisotopic (exact) mass is 335 g/mol. The first-order valence-corrected chi connectivity index (χ1v) is 7.05. The maximum Gasteiger partial charge on any atom is 0.417 e. The van der Waals surface area contributed by atoms with Crippen LogP contribution in [0, 0.1) is 5.82 Å². The zero-order valence-corrected chi connectivity index (χ0v) is 12.0. The Kier molecular flexibility index (Phi) is 3.44. The number of oxazole rings is 1. The summed E-state index contributed by atoms with van der Waals surface area (Å²) in [5, 5.41) is 0. The molecule has 0 aliphatic heterocycles. The molecule has 0 aliphatic carbocycles. The number of benzene rings is 2. The molecule has 0 radical (unpaired) electrons. The molecule has 0 aliphatic rings. The van der Waals surface area contributed by atoms with E-state index in [2.05, 4.69) is 20.9 Å². The summed E-state index contributed by atoms with van der Waals surface area (Å²) in [4.78, 5) is 13.7. The van der Waals surface area contributed by atoms with Gasteiger partial charge in [-0.15, -0.1) is 0 Å². The fraction of sp³-hybridized carbons (Fsp3) is 0.133. The number of aromatic nitrogens is 1. The van der Waals surface area contributed by atoms with E-state index in [4.69, 9.17) is 4.42 Å². The van der Waals surface area contributed by atoms with Crippen molar-refractivity contribution in [3.05, 3.63) is 70.0 Å². The Labute approximate surface area is 122 Å². The molecule has 0 spiro atoms. The Bertz CT molecular complexity index is 809. The Hall–Kier alpha value is -1.88. The molecule has 20 heavy (non-hydrogen) atoms. The Balaban J connectivity index is 1.88. The number of hydrogen-bond acceptors (Lipinski definition) is 2. The zero-order valence-electron chi connectivity index (χ0n) is 10.4. The zero-order chi connectivity index (χ0) is 14.1. The maximum atomic E-state index is 13.2. The average molecular weight is 336 g/mol. The first-order valence-electron chi connectivity index (χ1n) is 6.13. The van der Waals surface area contributed by atoms with Crippen molar-refractivity contribution in [2.24, 2.45) is 0 Å². The highest BCUT2D eigenvalue weighted by Crippen LogP contribution is 2.29. The second-order valence-electron chi connectivity index (χ2n) is 4.57. The van der Waals surface area contributed by atoms with Crippen molar-refractivity contribution in [3.63, 3.8) is 0 Å². The predicted octanol–water partition coefficient (Wildman–Crippen LogP) is 3.94. The highest BCUT2D eigenvalue weighted by molar-refractivity contribution is 9.09. The third-order valence-corrected chi connectivity index (χ3v) is 3.96. The van der Waals surface area contributed by atoms with Crippen molar-refractivity contribution in [2.75, 3.05) is 0 Å². The van der Waals surface area contributed by atoms with Gasteiger partial charge in [0.2, 0.25) is 0 Å². The molecule has 1 N–H and O–H groups in total. The van der Waals surface area contributed by atoms with Gasteiger partial charge >= 0.3 is 5.76 Å². The van der Waals surface area contributed by atoms with Gasteiger partial charge in [-0.3, -0.25) is 4.98 Å². The third-order valence-electron chi connectivity index (χ3n) is 3.11. The van der Waals surface area contributed by atoms with E-state index >= 15 is 0 Å². The molecule has 1 aromatic heterocycles. The number of rotatable bonds is 3. The molecule has 1 heterocycles. The van der Waals surface area contributed by atoms with Gasteiger partial charge in [0.25, 0.3) is 0 Å². The van der Waals surface area contributed by atoms with E-state index in [9.17, 15) is 9.18 Å². The molecular weight excluding hydrogens is 325 g/mol. The van der Waals surface area contributed by atoms with Gasteiger partial charge in [0.1, 0.15) is 5.82 Å². The van der Waals surface area contributed by atoms with Crippen molar-refractivity contribution in [2.45, 2.75) is 11.2 Å². The smallest absolute Gasteiger partial charge is 0.408 e. The lowest BCUT2D eigenvalue weighted by molar-refractivity contribution is 0.555. The van der Waals surface area contributed by atoms with E-state index in [1.165, 1.54) is 12.1 Å². The molecule has 1 atom stereocenters. The van der Waals surface area contributed by atoms with Gasteiger partial charge in [0, 0.05) is 4.83 Å². The first-order chi connectivity index (χ1) is 9.61. The van der Waals surface area contributed by atoms with Crippen molar-refractivity contribution in [1.82, 2.24) is 4.98 Å². The topological polar surface area (TPSA) is 46.0 Å². The number of H-pyrrole nitrogens is 1. The number of nitrogens with one attached hydrogen (secondary N) is 1. The van der Waals surface area contributed by atoms with Crippen LogP contribution < -0.4 is 5.76 Å². The van der Waals surface area contributed by atoms with E-state index < -0.39 is 5.76 Å². The van der Waals surface area contributed by atoms with Crippen LogP contribution >= 0.6 is 15.9 Å². The fourth-order valence-corrected chi connectivity index (χ4v) is 2.80. The van der Waals surface area contributed by atoms with Gasteiger partial charge in [0.15, 0.2) is 5.58 Å². The third kappa shape index (κ3) is 2.67. The molecule has 0 saturated heterocycles. The van der Waals surface area contributed by atoms with Gasteiger partial charge in [-0.1, -0.05) is 34.1 Å². The highest BCUT2D eigenvalue weighted by atomic mass is 79.9. The predicted molar refractivity (Wildman–Crippen MR) is 78.6 cm³/mol. The molecule has 3 nitrogen and oxygen atoms in total. The summed E-state index contributed by atoms with van der Waals surface area (Å²) in [6, 6.07) is 12.0. The number of hydrogen-bond donors (Lipinski definition) is 1. The Morgan fingerprint density at radius 3 is 2.90 bits per heavy atom. The van der Waals surface area contributed by atoms with Crippen LogP contribution in [0.4, 0.5) is 4.39 Å². The highest BCUT2D eigenvalue weighted by Gasteiger charge is 2.11. The van der Waals surface area contributed by atoms with Gasteiger partial charge in [0.05, 0.1) is 5.52 Å². The van der Waals surface area contributed by atoms with Crippen molar-refractivity contribution >= 4 is 27.0 Å². The molecular formula is C15H11BrFNO2. The van der Waals surface area contributed by atoms with Crippen molar-refractivity contribution in [3.8, 4) is 0 Å². The van der Waals surface area contributed by atoms with E-state index in [-0.39, 0.29) is 10.6 Å². The Morgan fingerprint density at radius 1 is 1.25 bits per heavy atom. The standard InChI is InChI=1S/C15H11BrFNO2/c16-12(7-9-2-1-3-11(17)6-9)10-4-5-13-14(8-10)20-15(19)18-13/h1-6,8,12H,7H2,(H,18,19). The molecule has 1 unspecified atom stereocenters. The summed E-state index contributed by atoms with van der Waals surface area (Å²) in [7, 11) is 0. The molecule has 3 aromatic rings. The lowest BCUT2D eigenvalue weighted by atomic mass is 10.0. The van der Waals surface area contributed by atoms with Crippen LogP contribution in [0.15, 0.2) is 51.7 Å². The molecule has 5 heteroatoms. The molecule has 0 amide bonds. The van der Waals surface area contributed by atoms with Gasteiger partial charge < -0.3 is 4.42 Å². The minimum atomic E-state index is -0.464. The fourth-order valence-electron chi connectivity index (χ4n) is 2.15. The summed E-state index contributed by atoms with van der Waals surface area (Å²) < 4.78 is 18.2. The van der Waals surface area contributed by atoms with Crippen LogP contribution in [0.1, 0.15) is 16.0 Å². The normalized spacial score (nSPS) is 12.7. The largest absolute Gasteiger partial charge is 0.417 e. The van der Waals surface area contributed by atoms with Crippen LogP contribution in [0.3, 0.4) is 0 Å². The second kappa shape index (κ2) is 5.25. The van der Waals surface area contributed by atoms with E-state index in [1.807, 2.05) is 18.2 Å². The summed E-state index contributed by atoms with van der Waals surface area (Å²) in [6.07, 6.45) is 0.651. The maximum absolute atomic E-state index is 13.2. The van der Waals surface area contributed by atoms with Crippen molar-refractivity contribution in [1.29, 1.82) is 0 Å². The summed E-state index contributed by atoms with van der Waals surface area (Å²) in [5.74, 6) is -0.706. The van der Waals surface area contributed by atoms with Crippen LogP contribution in [0.2, 0.25) is 0 Å². The van der Waals surface area contributed by atoms with Gasteiger partial charge in [-0.2, -0.15) is 0 Å². The van der Waals surface area contributed by atoms with Crippen LogP contribution in [-0.4, -0.2) is 4.98 Å². The van der Waals surface area contributed by atoms with E-state index in [0.717, 1.165) is 11.1 Å². The summed E-state index contributed by atoms with van der Waals surface area (Å²) in [6.45, 7) is 0. The van der Waals surface area contributed by atoms with Crippen molar-refractivity contribution < 1.29 is 8.81 Å². The number of aromatic amines is 1. The lowest BCUT2D eigenvalue weighted by Crippen LogP contribution is -1.95. The van der Waals surface area contributed by atoms with E-state index in [1.54, 1.807) is 12.1 Å². The molecule has 0 fully saturated rings.